The molecule has 2 fully saturated rings. The third-order valence-corrected chi connectivity index (χ3v) is 11.0. The van der Waals surface area contributed by atoms with Crippen LogP contribution in [0.2, 0.25) is 0 Å². The standard InChI is InChI=1S/C29H48O/c1-19(2)9-8-10-20(3)22-13-17-29(7)25-12-11-23-21(4)26(30)15-16-27(23,5)24(25)14-18-28(22,29)6/h12,14,19-23,26,30H,8-11,13,15-18H2,1-7H3/t20?,21-,22?,23?,26-,27-,28+,29-/m0/s1. The fraction of sp³-hybridized carbons (Fsp3) is 0.862. The van der Waals surface area contributed by atoms with E-state index >= 15 is 0 Å². The molecule has 4 rings (SSSR count). The van der Waals surface area contributed by atoms with Gasteiger partial charge in [-0.1, -0.05) is 79.9 Å². The molecule has 8 atom stereocenters. The average Bonchev–Trinajstić information content (AvgIpc) is 2.96. The molecule has 0 heterocycles. The van der Waals surface area contributed by atoms with Gasteiger partial charge in [-0.2, -0.15) is 0 Å². The molecule has 0 aromatic heterocycles. The van der Waals surface area contributed by atoms with Gasteiger partial charge in [0.15, 0.2) is 0 Å². The maximum atomic E-state index is 10.5. The van der Waals surface area contributed by atoms with Crippen molar-refractivity contribution in [3.63, 3.8) is 0 Å². The first-order chi connectivity index (χ1) is 14.0. The summed E-state index contributed by atoms with van der Waals surface area (Å²) in [4.78, 5) is 0. The van der Waals surface area contributed by atoms with Crippen LogP contribution in [0.1, 0.15) is 106 Å². The van der Waals surface area contributed by atoms with Gasteiger partial charge in [0.1, 0.15) is 0 Å². The van der Waals surface area contributed by atoms with Crippen molar-refractivity contribution in [2.75, 3.05) is 0 Å². The van der Waals surface area contributed by atoms with E-state index < -0.39 is 0 Å². The summed E-state index contributed by atoms with van der Waals surface area (Å²) in [5, 5.41) is 10.5. The molecular formula is C29H48O. The molecule has 0 aromatic carbocycles. The topological polar surface area (TPSA) is 20.2 Å². The van der Waals surface area contributed by atoms with E-state index in [1.54, 1.807) is 11.1 Å². The van der Waals surface area contributed by atoms with Crippen molar-refractivity contribution >= 4 is 0 Å². The van der Waals surface area contributed by atoms with E-state index in [2.05, 4.69) is 60.6 Å². The Balaban J connectivity index is 1.61. The first kappa shape index (κ1) is 22.6. The second kappa shape index (κ2) is 7.79. The largest absolute Gasteiger partial charge is 0.393 e. The third kappa shape index (κ3) is 3.20. The number of fused-ring (bicyclic) bond motifs is 5. The van der Waals surface area contributed by atoms with E-state index in [-0.39, 0.29) is 11.5 Å². The predicted octanol–water partition coefficient (Wildman–Crippen LogP) is 7.94. The Hall–Kier alpha value is -0.560. The highest BCUT2D eigenvalue weighted by Crippen LogP contribution is 2.70. The number of allylic oxidation sites excluding steroid dienone is 4. The highest BCUT2D eigenvalue weighted by molar-refractivity contribution is 5.49. The minimum Gasteiger partial charge on any atom is -0.393 e. The molecule has 0 amide bonds. The summed E-state index contributed by atoms with van der Waals surface area (Å²) >= 11 is 0. The summed E-state index contributed by atoms with van der Waals surface area (Å²) in [5.74, 6) is 3.55. The highest BCUT2D eigenvalue weighted by Gasteiger charge is 2.61. The zero-order valence-electron chi connectivity index (χ0n) is 20.9. The second-order valence-corrected chi connectivity index (χ2v) is 12.9. The lowest BCUT2D eigenvalue weighted by Crippen LogP contribution is -2.50. The lowest BCUT2D eigenvalue weighted by atomic mass is 9.46. The molecule has 0 saturated heterocycles. The van der Waals surface area contributed by atoms with Gasteiger partial charge in [0.2, 0.25) is 0 Å². The third-order valence-electron chi connectivity index (χ3n) is 11.0. The predicted molar refractivity (Wildman–Crippen MR) is 128 cm³/mol. The molecule has 30 heavy (non-hydrogen) atoms. The summed E-state index contributed by atoms with van der Waals surface area (Å²) in [6.07, 6.45) is 16.7. The summed E-state index contributed by atoms with van der Waals surface area (Å²) in [6, 6.07) is 0. The van der Waals surface area contributed by atoms with E-state index in [1.807, 2.05) is 0 Å². The Morgan fingerprint density at radius 1 is 1.00 bits per heavy atom. The van der Waals surface area contributed by atoms with Gasteiger partial charge in [-0.15, -0.1) is 0 Å². The van der Waals surface area contributed by atoms with Crippen molar-refractivity contribution in [3.05, 3.63) is 23.3 Å². The second-order valence-electron chi connectivity index (χ2n) is 12.9. The molecule has 4 aliphatic carbocycles. The van der Waals surface area contributed by atoms with Crippen LogP contribution in [0.3, 0.4) is 0 Å². The molecule has 2 saturated carbocycles. The number of hydrogen-bond acceptors (Lipinski definition) is 1. The maximum absolute atomic E-state index is 10.5. The summed E-state index contributed by atoms with van der Waals surface area (Å²) in [6.45, 7) is 17.4. The van der Waals surface area contributed by atoms with Gasteiger partial charge in [-0.05, 0) is 95.5 Å². The molecule has 0 aromatic rings. The first-order valence-corrected chi connectivity index (χ1v) is 13.1. The van der Waals surface area contributed by atoms with Crippen LogP contribution >= 0.6 is 0 Å². The molecule has 0 radical (unpaired) electrons. The van der Waals surface area contributed by atoms with Crippen LogP contribution in [-0.2, 0) is 0 Å². The van der Waals surface area contributed by atoms with Crippen LogP contribution in [-0.4, -0.2) is 11.2 Å². The molecule has 0 spiro atoms. The quantitative estimate of drug-likeness (QED) is 0.486. The Labute approximate surface area is 186 Å². The van der Waals surface area contributed by atoms with Gasteiger partial charge < -0.3 is 5.11 Å². The van der Waals surface area contributed by atoms with Gasteiger partial charge in [0, 0.05) is 0 Å². The minimum absolute atomic E-state index is 0.106. The molecule has 1 heteroatoms. The van der Waals surface area contributed by atoms with Crippen LogP contribution in [0.5, 0.6) is 0 Å². The Morgan fingerprint density at radius 3 is 2.43 bits per heavy atom. The van der Waals surface area contributed by atoms with E-state index in [0.717, 1.165) is 30.6 Å². The normalized spacial score (nSPS) is 46.6. The minimum atomic E-state index is -0.106. The zero-order chi connectivity index (χ0) is 21.9. The number of aliphatic hydroxyl groups is 1. The molecule has 4 aliphatic rings. The Kier molecular flexibility index (Phi) is 5.87. The zero-order valence-corrected chi connectivity index (χ0v) is 20.9. The molecule has 1 nitrogen and oxygen atoms in total. The number of hydrogen-bond donors (Lipinski definition) is 1. The van der Waals surface area contributed by atoms with Crippen molar-refractivity contribution in [2.24, 2.45) is 45.8 Å². The molecule has 3 unspecified atom stereocenters. The van der Waals surface area contributed by atoms with Crippen molar-refractivity contribution in [1.29, 1.82) is 0 Å². The number of aliphatic hydroxyl groups excluding tert-OH is 1. The van der Waals surface area contributed by atoms with Crippen molar-refractivity contribution < 1.29 is 5.11 Å². The van der Waals surface area contributed by atoms with Gasteiger partial charge in [-0.25, -0.2) is 0 Å². The monoisotopic (exact) mass is 412 g/mol. The molecular weight excluding hydrogens is 364 g/mol. The van der Waals surface area contributed by atoms with E-state index in [1.165, 1.54) is 44.9 Å². The average molecular weight is 413 g/mol. The fourth-order valence-corrected chi connectivity index (χ4v) is 8.63. The molecule has 1 N–H and O–H groups in total. The number of rotatable bonds is 5. The van der Waals surface area contributed by atoms with Gasteiger partial charge >= 0.3 is 0 Å². The van der Waals surface area contributed by atoms with E-state index in [9.17, 15) is 5.11 Å². The maximum Gasteiger partial charge on any atom is 0.0569 e. The van der Waals surface area contributed by atoms with Crippen LogP contribution in [0, 0.1) is 45.8 Å². The smallest absolute Gasteiger partial charge is 0.0569 e. The lowest BCUT2D eigenvalue weighted by molar-refractivity contribution is -0.0247. The van der Waals surface area contributed by atoms with Crippen LogP contribution < -0.4 is 0 Å². The SMILES string of the molecule is CC(C)CCCC(C)C1CC[C@@]2(C)C3=CCC4[C@H](C)[C@@H](O)CC[C@]4(C)C3=CC[C@]12C. The van der Waals surface area contributed by atoms with Gasteiger partial charge in [-0.3, -0.25) is 0 Å². The van der Waals surface area contributed by atoms with Crippen LogP contribution in [0.4, 0.5) is 0 Å². The Bertz CT molecular complexity index is 716. The fourth-order valence-electron chi connectivity index (χ4n) is 8.63. The molecule has 0 aliphatic heterocycles. The molecule has 0 bridgehead atoms. The van der Waals surface area contributed by atoms with Crippen molar-refractivity contribution in [1.82, 2.24) is 0 Å². The summed E-state index contributed by atoms with van der Waals surface area (Å²) in [7, 11) is 0. The van der Waals surface area contributed by atoms with Gasteiger partial charge in [0.25, 0.3) is 0 Å². The summed E-state index contributed by atoms with van der Waals surface area (Å²) in [5.41, 5.74) is 4.42. The summed E-state index contributed by atoms with van der Waals surface area (Å²) < 4.78 is 0. The van der Waals surface area contributed by atoms with Crippen LogP contribution in [0.15, 0.2) is 23.3 Å². The lowest BCUT2D eigenvalue weighted by Gasteiger charge is -2.58. The van der Waals surface area contributed by atoms with Crippen molar-refractivity contribution in [3.8, 4) is 0 Å². The van der Waals surface area contributed by atoms with Gasteiger partial charge in [0.05, 0.1) is 6.10 Å². The Morgan fingerprint density at radius 2 is 1.73 bits per heavy atom. The highest BCUT2D eigenvalue weighted by atomic mass is 16.3. The van der Waals surface area contributed by atoms with E-state index in [0.29, 0.717) is 22.7 Å². The van der Waals surface area contributed by atoms with Crippen molar-refractivity contribution in [2.45, 2.75) is 112 Å². The van der Waals surface area contributed by atoms with E-state index in [4.69, 9.17) is 0 Å². The first-order valence-electron chi connectivity index (χ1n) is 13.1. The van der Waals surface area contributed by atoms with Crippen LogP contribution in [0.25, 0.3) is 0 Å². The molecule has 170 valence electrons.